The van der Waals surface area contributed by atoms with Crippen LogP contribution in [-0.4, -0.2) is 96.7 Å². The Morgan fingerprint density at radius 1 is 0.279 bits per heavy atom. The molecule has 0 rings (SSSR count). The van der Waals surface area contributed by atoms with Crippen LogP contribution in [0.15, 0.2) is 72.9 Å². The fourth-order valence-corrected chi connectivity index (χ4v) is 13.4. The average molecular weight is 1510 g/mol. The molecule has 0 aromatic carbocycles. The smallest absolute Gasteiger partial charge is 0.462 e. The second kappa shape index (κ2) is 77.7. The maximum atomic E-state index is 13.1. The normalized spacial score (nSPS) is 14.2. The molecule has 0 radical (unpaired) electrons. The molecule has 3 N–H and O–H groups in total. The number of allylic oxidation sites excluding steroid dienone is 12. The van der Waals surface area contributed by atoms with E-state index in [1.807, 2.05) is 12.2 Å². The topological polar surface area (TPSA) is 237 Å². The molecule has 0 aromatic heterocycles. The van der Waals surface area contributed by atoms with E-state index >= 15 is 0 Å². The highest BCUT2D eigenvalue weighted by Crippen LogP contribution is 2.45. The van der Waals surface area contributed by atoms with Gasteiger partial charge in [-0.05, 0) is 64.2 Å². The third kappa shape index (κ3) is 76.7. The van der Waals surface area contributed by atoms with Crippen LogP contribution in [0.1, 0.15) is 387 Å². The quantitative estimate of drug-likeness (QED) is 0.0169. The standard InChI is InChI=1S/C85H154O17P2/c1-5-9-13-17-21-25-29-33-37-38-39-40-44-46-50-54-58-62-66-70-83(88)96-76-81(102-85(90)72-68-64-60-56-52-48-43-36-32-28-24-20-16-12-8-4)78-100-104(93,94)98-74-79(86)73-97-103(91,92)99-77-80(101-84(89)71-67-63-59-55-51-47-42-35-31-27-23-19-15-11-7-3)75-95-82(87)69-65-61-57-53-49-45-41-34-30-26-22-18-14-10-6-2/h9,13,21,25,33,37,39-40,46,50,58,62,79-81,86H,5-8,10-12,14-20,22-24,26-32,34-36,38,41-45,47-49,51-57,59-61,63-78H2,1-4H3,(H,91,92)(H,93,94)/b13-9-,25-21-,37-33-,40-39-,50-46-,62-58-. The second-order valence-electron chi connectivity index (χ2n) is 28.4. The van der Waals surface area contributed by atoms with Crippen LogP contribution in [0, 0.1) is 0 Å². The first kappa shape index (κ1) is 100. The number of ether oxygens (including phenoxy) is 4. The van der Waals surface area contributed by atoms with E-state index < -0.39 is 97.5 Å². The van der Waals surface area contributed by atoms with Crippen molar-refractivity contribution in [1.29, 1.82) is 0 Å². The molecule has 0 aliphatic rings. The zero-order valence-electron chi connectivity index (χ0n) is 66.5. The summed E-state index contributed by atoms with van der Waals surface area (Å²) in [4.78, 5) is 73.1. The van der Waals surface area contributed by atoms with Gasteiger partial charge < -0.3 is 33.8 Å². The number of aliphatic hydroxyl groups excluding tert-OH is 1. The Kier molecular flexibility index (Phi) is 75.0. The molecule has 606 valence electrons. The second-order valence-corrected chi connectivity index (χ2v) is 31.3. The van der Waals surface area contributed by atoms with E-state index in [9.17, 15) is 43.2 Å². The summed E-state index contributed by atoms with van der Waals surface area (Å²) < 4.78 is 68.7. The molecule has 0 spiro atoms. The summed E-state index contributed by atoms with van der Waals surface area (Å²) >= 11 is 0. The summed E-state index contributed by atoms with van der Waals surface area (Å²) in [6.07, 6.45) is 80.2. The van der Waals surface area contributed by atoms with Crippen molar-refractivity contribution in [1.82, 2.24) is 0 Å². The maximum Gasteiger partial charge on any atom is 0.472 e. The van der Waals surface area contributed by atoms with Crippen LogP contribution in [0.3, 0.4) is 0 Å². The number of phosphoric acid groups is 2. The highest BCUT2D eigenvalue weighted by Gasteiger charge is 2.30. The van der Waals surface area contributed by atoms with E-state index in [2.05, 4.69) is 88.5 Å². The molecule has 0 saturated carbocycles. The highest BCUT2D eigenvalue weighted by molar-refractivity contribution is 7.47. The van der Waals surface area contributed by atoms with Crippen molar-refractivity contribution in [3.8, 4) is 0 Å². The number of hydrogen-bond donors (Lipinski definition) is 3. The van der Waals surface area contributed by atoms with Gasteiger partial charge in [-0.3, -0.25) is 37.3 Å². The molecule has 0 fully saturated rings. The Balaban J connectivity index is 5.37. The number of rotatable bonds is 80. The lowest BCUT2D eigenvalue weighted by molar-refractivity contribution is -0.161. The van der Waals surface area contributed by atoms with Gasteiger partial charge in [0.15, 0.2) is 12.2 Å². The number of carbonyl (C=O) groups is 4. The minimum absolute atomic E-state index is 0.0406. The molecule has 0 bridgehead atoms. The van der Waals surface area contributed by atoms with Crippen LogP contribution in [0.4, 0.5) is 0 Å². The van der Waals surface area contributed by atoms with Crippen molar-refractivity contribution in [2.75, 3.05) is 39.6 Å². The predicted octanol–water partition coefficient (Wildman–Crippen LogP) is 24.8. The van der Waals surface area contributed by atoms with Gasteiger partial charge in [0.2, 0.25) is 0 Å². The zero-order valence-corrected chi connectivity index (χ0v) is 68.2. The largest absolute Gasteiger partial charge is 0.472 e. The van der Waals surface area contributed by atoms with E-state index in [1.165, 1.54) is 199 Å². The number of unbranched alkanes of at least 4 members (excludes halogenated alkanes) is 42. The molecule has 0 amide bonds. The number of phosphoric ester groups is 2. The minimum Gasteiger partial charge on any atom is -0.462 e. The molecular formula is C85H154O17P2. The number of esters is 4. The lowest BCUT2D eigenvalue weighted by atomic mass is 10.0. The molecule has 0 saturated heterocycles. The van der Waals surface area contributed by atoms with Gasteiger partial charge in [0, 0.05) is 25.7 Å². The Labute approximate surface area is 634 Å². The first-order valence-electron chi connectivity index (χ1n) is 42.2. The fourth-order valence-electron chi connectivity index (χ4n) is 11.8. The third-order valence-electron chi connectivity index (χ3n) is 18.2. The SMILES string of the molecule is CC/C=C\C/C=C\C/C=C\C/C=C\C/C=C\C/C=C\CCC(=O)OCC(COP(=O)(O)OCC(O)COP(=O)(O)OCC(COC(=O)CCCCCCCCCCCCCCCCC)OC(=O)CCCCCCCCCCCCCCCCC)OC(=O)CCCCCCCCCCCCCCCCC. The van der Waals surface area contributed by atoms with Crippen LogP contribution >= 0.6 is 15.6 Å². The molecule has 104 heavy (non-hydrogen) atoms. The molecule has 17 nitrogen and oxygen atoms in total. The van der Waals surface area contributed by atoms with Crippen molar-refractivity contribution in [2.45, 2.75) is 406 Å². The van der Waals surface area contributed by atoms with Crippen molar-refractivity contribution in [3.05, 3.63) is 72.9 Å². The summed E-state index contributed by atoms with van der Waals surface area (Å²) in [5.41, 5.74) is 0. The summed E-state index contributed by atoms with van der Waals surface area (Å²) in [7, 11) is -9.96. The Hall–Kier alpha value is -3.50. The van der Waals surface area contributed by atoms with Crippen molar-refractivity contribution >= 4 is 39.5 Å². The van der Waals surface area contributed by atoms with E-state index in [0.717, 1.165) is 103 Å². The van der Waals surface area contributed by atoms with Gasteiger partial charge in [-0.15, -0.1) is 0 Å². The van der Waals surface area contributed by atoms with E-state index in [1.54, 1.807) is 0 Å². The summed E-state index contributed by atoms with van der Waals surface area (Å²) in [5.74, 6) is -2.23. The average Bonchev–Trinajstić information content (AvgIpc) is 0.918. The van der Waals surface area contributed by atoms with Gasteiger partial charge in [-0.1, -0.05) is 370 Å². The van der Waals surface area contributed by atoms with Crippen molar-refractivity contribution < 1.29 is 80.2 Å². The predicted molar refractivity (Wildman–Crippen MR) is 427 cm³/mol. The van der Waals surface area contributed by atoms with Gasteiger partial charge in [-0.2, -0.15) is 0 Å². The van der Waals surface area contributed by atoms with Gasteiger partial charge in [0.25, 0.3) is 0 Å². The molecule has 0 aliphatic heterocycles. The van der Waals surface area contributed by atoms with Crippen LogP contribution < -0.4 is 0 Å². The van der Waals surface area contributed by atoms with E-state index in [-0.39, 0.29) is 25.7 Å². The Morgan fingerprint density at radius 3 is 0.769 bits per heavy atom. The minimum atomic E-state index is -4.99. The van der Waals surface area contributed by atoms with Crippen LogP contribution in [-0.2, 0) is 65.4 Å². The number of carbonyl (C=O) groups excluding carboxylic acids is 4. The summed E-state index contributed by atoms with van der Waals surface area (Å²) in [6, 6.07) is 0. The number of hydrogen-bond acceptors (Lipinski definition) is 15. The molecule has 19 heteroatoms. The van der Waals surface area contributed by atoms with E-state index in [4.69, 9.17) is 37.0 Å². The fraction of sp³-hybridized carbons (Fsp3) is 0.812. The summed E-state index contributed by atoms with van der Waals surface area (Å²) in [6.45, 7) is 4.78. The van der Waals surface area contributed by atoms with Crippen LogP contribution in [0.5, 0.6) is 0 Å². The van der Waals surface area contributed by atoms with Crippen LogP contribution in [0.2, 0.25) is 0 Å². The molecular weight excluding hydrogens is 1350 g/mol. The number of aliphatic hydroxyl groups is 1. The zero-order chi connectivity index (χ0) is 76.0. The van der Waals surface area contributed by atoms with Gasteiger partial charge in [0.05, 0.1) is 26.4 Å². The van der Waals surface area contributed by atoms with E-state index in [0.29, 0.717) is 32.1 Å². The Morgan fingerprint density at radius 2 is 0.500 bits per heavy atom. The third-order valence-corrected chi connectivity index (χ3v) is 20.1. The molecule has 0 heterocycles. The van der Waals surface area contributed by atoms with Gasteiger partial charge in [0.1, 0.15) is 19.3 Å². The summed E-state index contributed by atoms with van der Waals surface area (Å²) in [5, 5.41) is 10.7. The first-order valence-corrected chi connectivity index (χ1v) is 45.2. The van der Waals surface area contributed by atoms with Crippen LogP contribution in [0.25, 0.3) is 0 Å². The maximum absolute atomic E-state index is 13.1. The van der Waals surface area contributed by atoms with Crippen molar-refractivity contribution in [2.24, 2.45) is 0 Å². The first-order chi connectivity index (χ1) is 50.7. The van der Waals surface area contributed by atoms with Crippen molar-refractivity contribution in [3.63, 3.8) is 0 Å². The Bertz CT molecular complexity index is 2250. The molecule has 5 atom stereocenters. The molecule has 0 aliphatic carbocycles. The van der Waals surface area contributed by atoms with Gasteiger partial charge in [-0.25, -0.2) is 9.13 Å². The van der Waals surface area contributed by atoms with Gasteiger partial charge >= 0.3 is 39.5 Å². The lowest BCUT2D eigenvalue weighted by Gasteiger charge is -2.21. The lowest BCUT2D eigenvalue weighted by Crippen LogP contribution is -2.30. The molecule has 5 unspecified atom stereocenters. The highest BCUT2D eigenvalue weighted by atomic mass is 31.2. The molecule has 0 aromatic rings. The monoisotopic (exact) mass is 1510 g/mol.